The molecule has 144 valence electrons. The number of nitrogens with zero attached hydrogens (tertiary/aromatic N) is 2. The average Bonchev–Trinajstić information content (AvgIpc) is 2.94. The maximum absolute atomic E-state index is 13.4. The predicted octanol–water partition coefficient (Wildman–Crippen LogP) is 4.66. The molecule has 1 fully saturated rings. The van der Waals surface area contributed by atoms with Crippen LogP contribution < -0.4 is 4.90 Å². The van der Waals surface area contributed by atoms with Gasteiger partial charge in [-0.15, -0.1) is 0 Å². The zero-order chi connectivity index (χ0) is 19.8. The van der Waals surface area contributed by atoms with E-state index in [4.69, 9.17) is 11.6 Å². The van der Waals surface area contributed by atoms with Crippen LogP contribution in [-0.2, 0) is 9.59 Å². The van der Waals surface area contributed by atoms with E-state index in [9.17, 15) is 9.59 Å². The molecule has 1 unspecified atom stereocenters. The highest BCUT2D eigenvalue weighted by molar-refractivity contribution is 6.45. The summed E-state index contributed by atoms with van der Waals surface area (Å²) in [5, 5.41) is 0.602. The number of halogens is 1. The molecule has 2 amide bonds. The molecule has 4 rings (SSSR count). The molecule has 0 aliphatic carbocycles. The van der Waals surface area contributed by atoms with Gasteiger partial charge in [-0.3, -0.25) is 9.59 Å². The van der Waals surface area contributed by atoms with Crippen LogP contribution in [0.4, 0.5) is 5.69 Å². The lowest BCUT2D eigenvalue weighted by molar-refractivity contribution is -0.120. The maximum Gasteiger partial charge on any atom is 0.282 e. The van der Waals surface area contributed by atoms with Crippen LogP contribution in [-0.4, -0.2) is 29.8 Å². The van der Waals surface area contributed by atoms with Gasteiger partial charge in [0.15, 0.2) is 0 Å². The molecule has 0 spiro atoms. The Hall–Kier alpha value is -2.59. The number of hydrogen-bond donors (Lipinski definition) is 0. The van der Waals surface area contributed by atoms with Crippen molar-refractivity contribution < 1.29 is 9.59 Å². The van der Waals surface area contributed by atoms with E-state index in [0.29, 0.717) is 27.9 Å². The van der Waals surface area contributed by atoms with Gasteiger partial charge >= 0.3 is 0 Å². The van der Waals surface area contributed by atoms with E-state index in [1.807, 2.05) is 43.3 Å². The molecule has 2 aliphatic rings. The Morgan fingerprint density at radius 3 is 2.29 bits per heavy atom. The molecular weight excluding hydrogens is 372 g/mol. The number of carbonyl (C=O) groups is 2. The van der Waals surface area contributed by atoms with Gasteiger partial charge in [0, 0.05) is 18.1 Å². The van der Waals surface area contributed by atoms with E-state index < -0.39 is 0 Å². The van der Waals surface area contributed by atoms with E-state index in [-0.39, 0.29) is 11.8 Å². The lowest BCUT2D eigenvalue weighted by Crippen LogP contribution is -2.39. The van der Waals surface area contributed by atoms with Gasteiger partial charge in [-0.05, 0) is 55.5 Å². The van der Waals surface area contributed by atoms with Crippen molar-refractivity contribution in [1.29, 1.82) is 0 Å². The number of imide groups is 1. The Morgan fingerprint density at radius 1 is 0.964 bits per heavy atom. The topological polar surface area (TPSA) is 40.6 Å². The van der Waals surface area contributed by atoms with Crippen molar-refractivity contribution in [3.05, 3.63) is 70.4 Å². The van der Waals surface area contributed by atoms with E-state index in [0.717, 1.165) is 37.1 Å². The summed E-state index contributed by atoms with van der Waals surface area (Å²) in [4.78, 5) is 30.2. The van der Waals surface area contributed by atoms with Gasteiger partial charge in [0.2, 0.25) is 0 Å². The fraction of sp³-hybridized carbons (Fsp3) is 0.304. The van der Waals surface area contributed by atoms with Crippen LogP contribution in [0.1, 0.15) is 30.9 Å². The zero-order valence-electron chi connectivity index (χ0n) is 16.1. The lowest BCUT2D eigenvalue weighted by atomic mass is 9.98. The third-order valence-electron chi connectivity index (χ3n) is 5.46. The fourth-order valence-corrected chi connectivity index (χ4v) is 4.14. The lowest BCUT2D eigenvalue weighted by Gasteiger charge is -2.33. The second-order valence-electron chi connectivity index (χ2n) is 7.71. The van der Waals surface area contributed by atoms with Crippen LogP contribution in [0.15, 0.2) is 54.2 Å². The van der Waals surface area contributed by atoms with Gasteiger partial charge in [0.1, 0.15) is 5.70 Å². The molecule has 2 aliphatic heterocycles. The quantitative estimate of drug-likeness (QED) is 0.710. The van der Waals surface area contributed by atoms with Crippen LogP contribution in [0.3, 0.4) is 0 Å². The molecule has 1 saturated heterocycles. The van der Waals surface area contributed by atoms with Crippen molar-refractivity contribution in [2.45, 2.75) is 26.7 Å². The molecule has 0 N–H and O–H groups in total. The predicted molar refractivity (Wildman–Crippen MR) is 112 cm³/mol. The van der Waals surface area contributed by atoms with Crippen LogP contribution >= 0.6 is 11.6 Å². The first-order valence-corrected chi connectivity index (χ1v) is 10.0. The summed E-state index contributed by atoms with van der Waals surface area (Å²) in [5.74, 6) is -0.0265. The molecule has 2 heterocycles. The van der Waals surface area contributed by atoms with E-state index in [2.05, 4.69) is 11.8 Å². The molecule has 0 aromatic heterocycles. The van der Waals surface area contributed by atoms with Crippen molar-refractivity contribution in [2.24, 2.45) is 5.92 Å². The minimum Gasteiger partial charge on any atom is -0.366 e. The standard InChI is InChI=1S/C23H23ClN2O2/c1-15-5-11-19(12-6-15)26-22(27)20(17-7-9-18(24)10-8-17)21(23(26)28)25-13-3-4-16(2)14-25/h5-12,16H,3-4,13-14H2,1-2H3. The fourth-order valence-electron chi connectivity index (χ4n) is 4.01. The Balaban J connectivity index is 1.82. The Labute approximate surface area is 170 Å². The number of piperidine rings is 1. The highest BCUT2D eigenvalue weighted by Crippen LogP contribution is 2.36. The monoisotopic (exact) mass is 394 g/mol. The van der Waals surface area contributed by atoms with Crippen molar-refractivity contribution in [2.75, 3.05) is 18.0 Å². The molecule has 0 radical (unpaired) electrons. The number of rotatable bonds is 3. The summed E-state index contributed by atoms with van der Waals surface area (Å²) in [6.45, 7) is 5.74. The number of amides is 2. The van der Waals surface area contributed by atoms with Crippen molar-refractivity contribution in [3.8, 4) is 0 Å². The Kier molecular flexibility index (Phi) is 4.98. The molecule has 1 atom stereocenters. The molecular formula is C23H23ClN2O2. The summed E-state index contributed by atoms with van der Waals surface area (Å²) in [5.41, 5.74) is 3.40. The average molecular weight is 395 g/mol. The summed E-state index contributed by atoms with van der Waals surface area (Å²) in [6.07, 6.45) is 2.16. The van der Waals surface area contributed by atoms with Crippen LogP contribution in [0.5, 0.6) is 0 Å². The van der Waals surface area contributed by atoms with Gasteiger partial charge in [0.25, 0.3) is 11.8 Å². The zero-order valence-corrected chi connectivity index (χ0v) is 16.9. The first-order chi connectivity index (χ1) is 13.5. The second-order valence-corrected chi connectivity index (χ2v) is 8.14. The number of hydrogen-bond acceptors (Lipinski definition) is 3. The molecule has 0 saturated carbocycles. The smallest absolute Gasteiger partial charge is 0.282 e. The molecule has 2 aromatic rings. The minimum atomic E-state index is -0.274. The van der Waals surface area contributed by atoms with Crippen molar-refractivity contribution in [3.63, 3.8) is 0 Å². The minimum absolute atomic E-state index is 0.243. The number of benzene rings is 2. The van der Waals surface area contributed by atoms with Gasteiger partial charge in [-0.1, -0.05) is 48.4 Å². The van der Waals surface area contributed by atoms with Crippen LogP contribution in [0.2, 0.25) is 5.02 Å². The van der Waals surface area contributed by atoms with Gasteiger partial charge in [0.05, 0.1) is 11.3 Å². The summed E-state index contributed by atoms with van der Waals surface area (Å²) in [7, 11) is 0. The SMILES string of the molecule is Cc1ccc(N2C(=O)C(c3ccc(Cl)cc3)=C(N3CCCC(C)C3)C2=O)cc1. The van der Waals surface area contributed by atoms with E-state index in [1.54, 1.807) is 12.1 Å². The third-order valence-corrected chi connectivity index (χ3v) is 5.71. The van der Waals surface area contributed by atoms with E-state index >= 15 is 0 Å². The van der Waals surface area contributed by atoms with Crippen molar-refractivity contribution in [1.82, 2.24) is 4.90 Å². The summed E-state index contributed by atoms with van der Waals surface area (Å²) >= 11 is 6.04. The molecule has 28 heavy (non-hydrogen) atoms. The first kappa shape index (κ1) is 18.8. The Bertz CT molecular complexity index is 948. The highest BCUT2D eigenvalue weighted by Gasteiger charge is 2.43. The molecule has 0 bridgehead atoms. The molecule has 5 heteroatoms. The number of aryl methyl sites for hydroxylation is 1. The van der Waals surface area contributed by atoms with Crippen LogP contribution in [0, 0.1) is 12.8 Å². The van der Waals surface area contributed by atoms with Gasteiger partial charge in [-0.25, -0.2) is 4.90 Å². The number of likely N-dealkylation sites (tertiary alicyclic amines) is 1. The highest BCUT2D eigenvalue weighted by atomic mass is 35.5. The Morgan fingerprint density at radius 2 is 1.64 bits per heavy atom. The molecule has 4 nitrogen and oxygen atoms in total. The molecule has 2 aromatic carbocycles. The summed E-state index contributed by atoms with van der Waals surface area (Å²) in [6, 6.07) is 14.6. The maximum atomic E-state index is 13.4. The second kappa shape index (κ2) is 7.44. The third kappa shape index (κ3) is 3.33. The van der Waals surface area contributed by atoms with Crippen LogP contribution in [0.25, 0.3) is 5.57 Å². The number of carbonyl (C=O) groups excluding carboxylic acids is 2. The van der Waals surface area contributed by atoms with E-state index in [1.165, 1.54) is 4.90 Å². The van der Waals surface area contributed by atoms with Gasteiger partial charge < -0.3 is 4.90 Å². The first-order valence-electron chi connectivity index (χ1n) is 9.66. The largest absolute Gasteiger partial charge is 0.366 e. The number of anilines is 1. The summed E-state index contributed by atoms with van der Waals surface area (Å²) < 4.78 is 0. The van der Waals surface area contributed by atoms with Crippen molar-refractivity contribution >= 4 is 34.7 Å². The van der Waals surface area contributed by atoms with Gasteiger partial charge in [-0.2, -0.15) is 0 Å². The normalized spacial score (nSPS) is 20.3.